The van der Waals surface area contributed by atoms with Crippen LogP contribution >= 0.6 is 11.8 Å². The third-order valence-electron chi connectivity index (χ3n) is 3.72. The summed E-state index contributed by atoms with van der Waals surface area (Å²) >= 11 is 0.367. The van der Waals surface area contributed by atoms with Crippen molar-refractivity contribution < 1.29 is 37.5 Å². The van der Waals surface area contributed by atoms with Crippen LogP contribution in [0, 0.1) is 5.92 Å². The lowest BCUT2D eigenvalue weighted by Crippen LogP contribution is -2.53. The molecule has 1 aliphatic rings. The average Bonchev–Trinajstić information content (AvgIpc) is 2.94. The van der Waals surface area contributed by atoms with E-state index in [1.807, 2.05) is 5.32 Å². The SMILES string of the molecule is CC(=O)SCC(C(=O)N[C@@H](C)C(=O)N1CCC[C@@H]1C(=O)O)C(F)(F)F. The van der Waals surface area contributed by atoms with Crippen molar-refractivity contribution in [3.05, 3.63) is 0 Å². The number of amides is 2. The van der Waals surface area contributed by atoms with Gasteiger partial charge >= 0.3 is 12.1 Å². The lowest BCUT2D eigenvalue weighted by Gasteiger charge is -2.27. The van der Waals surface area contributed by atoms with Gasteiger partial charge in [0.25, 0.3) is 0 Å². The smallest absolute Gasteiger partial charge is 0.401 e. The van der Waals surface area contributed by atoms with Crippen LogP contribution in [0.25, 0.3) is 0 Å². The number of halogens is 3. The Morgan fingerprint density at radius 3 is 2.40 bits per heavy atom. The lowest BCUT2D eigenvalue weighted by molar-refractivity contribution is -0.178. The molecule has 11 heteroatoms. The van der Waals surface area contributed by atoms with Gasteiger partial charge in [-0.15, -0.1) is 0 Å². The Hall–Kier alpha value is -1.78. The average molecular weight is 384 g/mol. The van der Waals surface area contributed by atoms with Crippen LogP contribution < -0.4 is 5.32 Å². The molecule has 1 aliphatic heterocycles. The van der Waals surface area contributed by atoms with Gasteiger partial charge in [0.05, 0.1) is 0 Å². The summed E-state index contributed by atoms with van der Waals surface area (Å²) in [7, 11) is 0. The normalized spacial score (nSPS) is 20.0. The van der Waals surface area contributed by atoms with Crippen molar-refractivity contribution in [2.24, 2.45) is 5.92 Å². The molecule has 0 aromatic rings. The fourth-order valence-electron chi connectivity index (χ4n) is 2.43. The van der Waals surface area contributed by atoms with Crippen LogP contribution in [0.2, 0.25) is 0 Å². The summed E-state index contributed by atoms with van der Waals surface area (Å²) in [6.07, 6.45) is -4.15. The van der Waals surface area contributed by atoms with E-state index in [1.165, 1.54) is 6.92 Å². The van der Waals surface area contributed by atoms with Crippen LogP contribution in [0.1, 0.15) is 26.7 Å². The van der Waals surface area contributed by atoms with Crippen LogP contribution in [-0.4, -0.2) is 63.5 Å². The first-order valence-corrected chi connectivity index (χ1v) is 8.47. The predicted octanol–water partition coefficient (Wildman–Crippen LogP) is 1.02. The molecule has 0 bridgehead atoms. The number of carbonyl (C=O) groups is 4. The zero-order valence-electron chi connectivity index (χ0n) is 13.6. The van der Waals surface area contributed by atoms with Crippen LogP contribution in [-0.2, 0) is 19.2 Å². The Bertz CT molecular complexity index is 555. The van der Waals surface area contributed by atoms with Gasteiger partial charge in [-0.3, -0.25) is 14.4 Å². The van der Waals surface area contributed by atoms with Gasteiger partial charge in [0, 0.05) is 19.2 Å². The van der Waals surface area contributed by atoms with Crippen molar-refractivity contribution in [3.63, 3.8) is 0 Å². The molecule has 1 saturated heterocycles. The maximum absolute atomic E-state index is 13.0. The Morgan fingerprint density at radius 1 is 1.32 bits per heavy atom. The molecule has 2 N–H and O–H groups in total. The predicted molar refractivity (Wildman–Crippen MR) is 82.7 cm³/mol. The highest BCUT2D eigenvalue weighted by Gasteiger charge is 2.46. The highest BCUT2D eigenvalue weighted by molar-refractivity contribution is 8.13. The molecule has 3 atom stereocenters. The Kier molecular flexibility index (Phi) is 7.27. The summed E-state index contributed by atoms with van der Waals surface area (Å²) in [6, 6.07) is -2.35. The van der Waals surface area contributed by atoms with E-state index < -0.39 is 52.8 Å². The van der Waals surface area contributed by atoms with E-state index >= 15 is 0 Å². The van der Waals surface area contributed by atoms with Crippen LogP contribution in [0.5, 0.6) is 0 Å². The Morgan fingerprint density at radius 2 is 1.92 bits per heavy atom. The third-order valence-corrected chi connectivity index (χ3v) is 4.62. The lowest BCUT2D eigenvalue weighted by atomic mass is 10.1. The number of carboxylic acid groups (broad SMARTS) is 1. The molecule has 1 rings (SSSR count). The molecule has 7 nitrogen and oxygen atoms in total. The van der Waals surface area contributed by atoms with E-state index in [-0.39, 0.29) is 13.0 Å². The first-order chi connectivity index (χ1) is 11.4. The first kappa shape index (κ1) is 21.3. The molecule has 0 radical (unpaired) electrons. The third kappa shape index (κ3) is 5.91. The Balaban J connectivity index is 2.76. The zero-order chi connectivity index (χ0) is 19.4. The van der Waals surface area contributed by atoms with Crippen LogP contribution in [0.15, 0.2) is 0 Å². The number of carboxylic acids is 1. The van der Waals surface area contributed by atoms with E-state index in [4.69, 9.17) is 5.11 Å². The largest absolute Gasteiger partial charge is 0.480 e. The van der Waals surface area contributed by atoms with Crippen molar-refractivity contribution >= 4 is 34.7 Å². The minimum absolute atomic E-state index is 0.166. The fraction of sp³-hybridized carbons (Fsp3) is 0.714. The summed E-state index contributed by atoms with van der Waals surface area (Å²) in [6.45, 7) is 2.45. The second kappa shape index (κ2) is 8.54. The summed E-state index contributed by atoms with van der Waals surface area (Å²) < 4.78 is 38.9. The van der Waals surface area contributed by atoms with Gasteiger partial charge in [-0.1, -0.05) is 11.8 Å². The van der Waals surface area contributed by atoms with Crippen molar-refractivity contribution in [2.45, 2.75) is 44.9 Å². The van der Waals surface area contributed by atoms with E-state index in [2.05, 4.69) is 0 Å². The highest BCUT2D eigenvalue weighted by atomic mass is 32.2. The number of nitrogens with one attached hydrogen (secondary N) is 1. The molecule has 25 heavy (non-hydrogen) atoms. The van der Waals surface area contributed by atoms with Gasteiger partial charge in [-0.05, 0) is 19.8 Å². The number of aliphatic carboxylic acids is 1. The summed E-state index contributed by atoms with van der Waals surface area (Å²) in [5, 5.41) is 10.5. The molecule has 0 aliphatic carbocycles. The van der Waals surface area contributed by atoms with Crippen LogP contribution in [0.4, 0.5) is 13.2 Å². The molecule has 1 unspecified atom stereocenters. The number of rotatable bonds is 6. The van der Waals surface area contributed by atoms with Gasteiger partial charge < -0.3 is 15.3 Å². The number of carbonyl (C=O) groups excluding carboxylic acids is 3. The molecule has 0 spiro atoms. The van der Waals surface area contributed by atoms with Crippen molar-refractivity contribution in [1.82, 2.24) is 10.2 Å². The van der Waals surface area contributed by atoms with Gasteiger partial charge in [-0.2, -0.15) is 13.2 Å². The fourth-order valence-corrected chi connectivity index (χ4v) is 3.17. The van der Waals surface area contributed by atoms with E-state index in [9.17, 15) is 32.3 Å². The molecule has 0 aromatic heterocycles. The monoisotopic (exact) mass is 384 g/mol. The second-order valence-corrected chi connectivity index (χ2v) is 6.85. The summed E-state index contributed by atoms with van der Waals surface area (Å²) in [4.78, 5) is 47.1. The quantitative estimate of drug-likeness (QED) is 0.709. The number of likely N-dealkylation sites (tertiary alicyclic amines) is 1. The van der Waals surface area contributed by atoms with Crippen molar-refractivity contribution in [3.8, 4) is 0 Å². The van der Waals surface area contributed by atoms with Gasteiger partial charge in [-0.25, -0.2) is 4.79 Å². The van der Waals surface area contributed by atoms with Gasteiger partial charge in [0.2, 0.25) is 11.8 Å². The molecule has 0 saturated carbocycles. The molecular formula is C14H19F3N2O5S. The van der Waals surface area contributed by atoms with Crippen LogP contribution in [0.3, 0.4) is 0 Å². The molecule has 1 fully saturated rings. The maximum Gasteiger partial charge on any atom is 0.401 e. The zero-order valence-corrected chi connectivity index (χ0v) is 14.4. The number of hydrogen-bond donors (Lipinski definition) is 2. The highest BCUT2D eigenvalue weighted by Crippen LogP contribution is 2.30. The molecule has 1 heterocycles. The van der Waals surface area contributed by atoms with E-state index in [1.54, 1.807) is 0 Å². The first-order valence-electron chi connectivity index (χ1n) is 7.49. The van der Waals surface area contributed by atoms with Gasteiger partial charge in [0.1, 0.15) is 18.0 Å². The molecule has 142 valence electrons. The number of nitrogens with zero attached hydrogens (tertiary/aromatic N) is 1. The number of thioether (sulfide) groups is 1. The van der Waals surface area contributed by atoms with Gasteiger partial charge in [0.15, 0.2) is 5.12 Å². The molecular weight excluding hydrogens is 365 g/mol. The van der Waals surface area contributed by atoms with Crippen molar-refractivity contribution in [1.29, 1.82) is 0 Å². The maximum atomic E-state index is 13.0. The summed E-state index contributed by atoms with van der Waals surface area (Å²) in [5.41, 5.74) is 0. The number of alkyl halides is 3. The molecule has 0 aromatic carbocycles. The minimum atomic E-state index is -4.87. The topological polar surface area (TPSA) is 104 Å². The van der Waals surface area contributed by atoms with E-state index in [0.29, 0.717) is 18.2 Å². The summed E-state index contributed by atoms with van der Waals surface area (Å²) in [5.74, 6) is -6.60. The van der Waals surface area contributed by atoms with E-state index in [0.717, 1.165) is 11.8 Å². The molecule has 2 amide bonds. The number of hydrogen-bond acceptors (Lipinski definition) is 5. The second-order valence-electron chi connectivity index (χ2n) is 5.65. The standard InChI is InChI=1S/C14H19F3N2O5S/c1-7(12(22)19-5-3-4-10(19)13(23)24)18-11(21)9(14(15,16)17)6-25-8(2)20/h7,9-10H,3-6H2,1-2H3,(H,18,21)(H,23,24)/t7-,9?,10+/m0/s1. The Labute approximate surface area is 146 Å². The van der Waals surface area contributed by atoms with Crippen molar-refractivity contribution in [2.75, 3.05) is 12.3 Å². The minimum Gasteiger partial charge on any atom is -0.480 e.